The molecular weight excluding hydrogens is 1320 g/mol. The Morgan fingerprint density at radius 1 is 0.429 bits per heavy atom. The molecule has 0 unspecified atom stereocenters. The zero-order valence-corrected chi connectivity index (χ0v) is 53.9. The molecule has 98 heavy (non-hydrogen) atoms. The molecule has 3 amide bonds. The van der Waals surface area contributed by atoms with Crippen LogP contribution in [0.2, 0.25) is 0 Å². The third-order valence-corrected chi connectivity index (χ3v) is 19.6. The molecule has 0 atom stereocenters. The molecule has 12 rings (SSSR count). The molecule has 28 heteroatoms. The van der Waals surface area contributed by atoms with Crippen molar-refractivity contribution in [2.24, 2.45) is 5.14 Å². The zero-order valence-electron chi connectivity index (χ0n) is 51.5. The molecule has 10 aromatic rings. The van der Waals surface area contributed by atoms with Gasteiger partial charge in [-0.3, -0.25) is 14.4 Å². The minimum Gasteiger partial charge on any atom is -0.457 e. The molecule has 2 saturated heterocycles. The van der Waals surface area contributed by atoms with Gasteiger partial charge in [-0.25, -0.2) is 58.5 Å². The van der Waals surface area contributed by atoms with Gasteiger partial charge in [-0.1, -0.05) is 36.4 Å². The number of rotatable bonds is 15. The molecule has 22 nitrogen and oxygen atoms in total. The first-order chi connectivity index (χ1) is 47.0. The molecule has 0 spiro atoms. The van der Waals surface area contributed by atoms with Crippen molar-refractivity contribution in [3.05, 3.63) is 270 Å². The van der Waals surface area contributed by atoms with Crippen LogP contribution in [-0.4, -0.2) is 129 Å². The first-order valence-electron chi connectivity index (χ1n) is 29.7. The van der Waals surface area contributed by atoms with Crippen LogP contribution in [0.25, 0.3) is 22.5 Å². The summed E-state index contributed by atoms with van der Waals surface area (Å²) in [6, 6.07) is 60.1. The van der Waals surface area contributed by atoms with Crippen LogP contribution in [0, 0.1) is 40.1 Å². The van der Waals surface area contributed by atoms with Crippen LogP contribution >= 0.6 is 0 Å². The fourth-order valence-corrected chi connectivity index (χ4v) is 13.4. The van der Waals surface area contributed by atoms with Gasteiger partial charge in [0.2, 0.25) is 35.9 Å². The number of nitrogens with zero attached hydrogens (tertiary/aromatic N) is 9. The van der Waals surface area contributed by atoms with Crippen LogP contribution < -0.4 is 19.9 Å². The maximum atomic E-state index is 13.2. The Morgan fingerprint density at radius 3 is 1.28 bits per heavy atom. The summed E-state index contributed by atoms with van der Waals surface area (Å²) in [5.74, 6) is -0.586. The van der Waals surface area contributed by atoms with Crippen molar-refractivity contribution in [2.75, 3.05) is 57.7 Å². The molecule has 5 heterocycles. The van der Waals surface area contributed by atoms with Crippen molar-refractivity contribution < 1.29 is 62.3 Å². The maximum absolute atomic E-state index is 13.2. The lowest BCUT2D eigenvalue weighted by molar-refractivity contribution is 0.0685. The van der Waals surface area contributed by atoms with E-state index in [-0.39, 0.29) is 130 Å². The van der Waals surface area contributed by atoms with Crippen molar-refractivity contribution in [2.45, 2.75) is 14.7 Å². The number of amides is 3. The number of carbonyl (C=O) groups is 3. The van der Waals surface area contributed by atoms with Crippen LogP contribution in [0.5, 0.6) is 23.1 Å². The summed E-state index contributed by atoms with van der Waals surface area (Å²) in [6.45, 7) is 1.36. The van der Waals surface area contributed by atoms with Crippen molar-refractivity contribution in [1.82, 2.24) is 33.4 Å². The number of hydrogen-bond donors (Lipinski definition) is 2. The molecular formula is C70H56F3N11O11S3. The number of nitrogens with one attached hydrogen (secondary N) is 1. The highest BCUT2D eigenvalue weighted by Gasteiger charge is 2.33. The summed E-state index contributed by atoms with van der Waals surface area (Å²) >= 11 is 0. The average molecular weight is 1380 g/mol. The topological polar surface area (TPSA) is 309 Å². The third kappa shape index (κ3) is 17.7. The third-order valence-electron chi connectivity index (χ3n) is 14.9. The number of primary sulfonamides is 1. The number of hydrogen-bond acceptors (Lipinski definition) is 16. The van der Waals surface area contributed by atoms with Gasteiger partial charge in [0, 0.05) is 75.2 Å². The number of anilines is 1. The van der Waals surface area contributed by atoms with Gasteiger partial charge in [0.1, 0.15) is 51.8 Å². The highest BCUT2D eigenvalue weighted by molar-refractivity contribution is 7.89. The number of aromatic nitrogens is 3. The summed E-state index contributed by atoms with van der Waals surface area (Å²) in [5.41, 5.74) is 3.93. The SMILES string of the molecule is N#Cc1cccc(S(=O)(=O)N2CCN(C(=O)c3cccc(-c4ccc(F)cc4)n3)CC2)c1.N#Cc1cccc(S(=O)(=O)N2CCN(C(=O)c3cccc(Oc4ccc(F)cc4)n3)CC2)c1.NS(=O)(=O)c1cccc(NC(=O)c2cccc(-c3ccc(Oc4ccc(F)cc4)cc3)n2)c1. The number of sulfonamides is 3. The molecule has 7 aromatic carbocycles. The molecule has 0 radical (unpaired) electrons. The van der Waals surface area contributed by atoms with Crippen molar-refractivity contribution in [3.63, 3.8) is 0 Å². The highest BCUT2D eigenvalue weighted by atomic mass is 32.2. The molecule has 3 aromatic heterocycles. The number of pyridine rings is 3. The number of nitriles is 2. The second-order valence-corrected chi connectivity index (χ2v) is 27.0. The fourth-order valence-electron chi connectivity index (χ4n) is 9.89. The van der Waals surface area contributed by atoms with Crippen molar-refractivity contribution in [3.8, 4) is 57.8 Å². The molecule has 2 aliphatic rings. The second-order valence-electron chi connectivity index (χ2n) is 21.5. The normalized spacial score (nSPS) is 13.4. The van der Waals surface area contributed by atoms with E-state index in [1.807, 2.05) is 12.1 Å². The first-order valence-corrected chi connectivity index (χ1v) is 34.1. The Bertz CT molecular complexity index is 5020. The highest BCUT2D eigenvalue weighted by Crippen LogP contribution is 2.28. The predicted octanol–water partition coefficient (Wildman–Crippen LogP) is 10.5. The number of halogens is 3. The first kappa shape index (κ1) is 69.3. The molecule has 0 bridgehead atoms. The molecule has 2 fully saturated rings. The van der Waals surface area contributed by atoms with Gasteiger partial charge in [-0.05, 0) is 182 Å². The number of nitrogens with two attached hydrogens (primary N) is 1. The van der Waals surface area contributed by atoms with E-state index in [2.05, 4.69) is 20.3 Å². The van der Waals surface area contributed by atoms with E-state index < -0.39 is 41.8 Å². The summed E-state index contributed by atoms with van der Waals surface area (Å²) in [6.07, 6.45) is 0. The smallest absolute Gasteiger partial charge is 0.274 e. The van der Waals surface area contributed by atoms with Crippen molar-refractivity contribution >= 4 is 53.5 Å². The second kappa shape index (κ2) is 30.9. The van der Waals surface area contributed by atoms with Crippen molar-refractivity contribution in [1.29, 1.82) is 10.5 Å². The Balaban J connectivity index is 0.000000159. The standard InChI is InChI=1S/C24H18FN3O4S.C23H19FN4O4S.C23H19FN4O3S/c25-17-9-13-20(14-10-17)32-19-11-7-16(8-12-19)22-5-2-6-23(28-22)24(29)27-18-3-1-4-21(15-18)33(26,30)31;24-18-7-9-19(10-8-18)32-22-6-2-5-21(26-22)23(29)27-11-13-28(14-12-27)33(30,31)20-4-1-3-17(15-20)16-25;24-19-9-7-18(8-10-19)21-5-2-6-22(26-21)23(29)27-11-13-28(14-12-27)32(30,31)20-4-1-3-17(15-20)16-25/h1-15H,(H,27,29)(H2,26,30,31);1-10,15H,11-14H2;1-10,15H,11-14H2. The van der Waals surface area contributed by atoms with Gasteiger partial charge < -0.3 is 24.6 Å². The van der Waals surface area contributed by atoms with Gasteiger partial charge in [0.05, 0.1) is 49.3 Å². The maximum Gasteiger partial charge on any atom is 0.274 e. The van der Waals surface area contributed by atoms with E-state index in [4.69, 9.17) is 25.1 Å². The largest absolute Gasteiger partial charge is 0.457 e. The Hall–Kier alpha value is -11.5. The molecule has 0 saturated carbocycles. The predicted molar refractivity (Wildman–Crippen MR) is 354 cm³/mol. The monoisotopic (exact) mass is 1380 g/mol. The Kier molecular flexibility index (Phi) is 21.9. The van der Waals surface area contributed by atoms with Gasteiger partial charge in [0.15, 0.2) is 0 Å². The van der Waals surface area contributed by atoms with Gasteiger partial charge in [-0.2, -0.15) is 19.1 Å². The number of ether oxygens (including phenoxy) is 2. The van der Waals surface area contributed by atoms with Gasteiger partial charge >= 0.3 is 0 Å². The fraction of sp³-hybridized carbons (Fsp3) is 0.114. The van der Waals surface area contributed by atoms with Crippen LogP contribution in [0.1, 0.15) is 42.6 Å². The summed E-state index contributed by atoms with van der Waals surface area (Å²) in [4.78, 5) is 54.6. The lowest BCUT2D eigenvalue weighted by Gasteiger charge is -2.33. The van der Waals surface area contributed by atoms with Crippen LogP contribution in [0.15, 0.2) is 239 Å². The lowest BCUT2D eigenvalue weighted by atomic mass is 10.1. The average Bonchev–Trinajstić information content (AvgIpc) is 0.866. The molecule has 496 valence electrons. The van der Waals surface area contributed by atoms with Crippen LogP contribution in [-0.2, 0) is 30.1 Å². The van der Waals surface area contributed by atoms with E-state index in [1.165, 1.54) is 135 Å². The molecule has 0 aliphatic carbocycles. The van der Waals surface area contributed by atoms with E-state index in [0.717, 1.165) is 5.56 Å². The molecule has 3 N–H and O–H groups in total. The Morgan fingerprint density at radius 2 is 0.806 bits per heavy atom. The minimum atomic E-state index is -3.89. The minimum absolute atomic E-state index is 0.0497. The Labute approximate surface area is 562 Å². The van der Waals surface area contributed by atoms with Crippen LogP contribution in [0.3, 0.4) is 0 Å². The number of carbonyl (C=O) groups excluding carboxylic acids is 3. The summed E-state index contributed by atoms with van der Waals surface area (Å²) in [7, 11) is -11.4. The zero-order chi connectivity index (χ0) is 69.6. The van der Waals surface area contributed by atoms with Gasteiger partial charge in [-0.15, -0.1) is 0 Å². The number of piperazine rings is 2. The van der Waals surface area contributed by atoms with E-state index in [9.17, 15) is 52.8 Å². The van der Waals surface area contributed by atoms with Gasteiger partial charge in [0.25, 0.3) is 17.7 Å². The number of benzene rings is 7. The molecule has 2 aliphatic heterocycles. The summed E-state index contributed by atoms with van der Waals surface area (Å²) in [5, 5.41) is 25.8. The van der Waals surface area contributed by atoms with E-state index in [0.29, 0.717) is 34.2 Å². The van der Waals surface area contributed by atoms with Crippen LogP contribution in [0.4, 0.5) is 18.9 Å². The van der Waals surface area contributed by atoms with E-state index in [1.54, 1.807) is 108 Å². The quantitative estimate of drug-likeness (QED) is 0.0963. The van der Waals surface area contributed by atoms with E-state index >= 15 is 0 Å². The summed E-state index contributed by atoms with van der Waals surface area (Å²) < 4.78 is 128. The lowest BCUT2D eigenvalue weighted by Crippen LogP contribution is -2.50.